The Hall–Kier alpha value is -0.570. The number of carbonyl (C=O) groups excluding carboxylic acids is 1. The van der Waals surface area contributed by atoms with Gasteiger partial charge < -0.3 is 10.5 Å². The summed E-state index contributed by atoms with van der Waals surface area (Å²) in [5.41, 5.74) is 4.89. The Balaban J connectivity index is 3.52. The maximum Gasteiger partial charge on any atom is 0.246 e. The monoisotopic (exact) mass is 117 g/mol. The Bertz CT molecular complexity index is 78.5. The van der Waals surface area contributed by atoms with E-state index in [2.05, 4.69) is 4.74 Å². The summed E-state index contributed by atoms with van der Waals surface area (Å²) in [6.45, 7) is 1.85. The fourth-order valence-corrected chi connectivity index (χ4v) is 0.484. The summed E-state index contributed by atoms with van der Waals surface area (Å²) in [6, 6.07) is 0. The Labute approximate surface area is 48.8 Å². The highest BCUT2D eigenvalue weighted by Crippen LogP contribution is 1.92. The van der Waals surface area contributed by atoms with Crippen LogP contribution in [0.25, 0.3) is 0 Å². The van der Waals surface area contributed by atoms with Crippen molar-refractivity contribution in [3.8, 4) is 0 Å². The van der Waals surface area contributed by atoms with E-state index in [0.29, 0.717) is 6.42 Å². The van der Waals surface area contributed by atoms with Crippen LogP contribution >= 0.6 is 0 Å². The summed E-state index contributed by atoms with van der Waals surface area (Å²) in [6.07, 6.45) is 0.237. The van der Waals surface area contributed by atoms with Gasteiger partial charge in [0, 0.05) is 7.11 Å². The van der Waals surface area contributed by atoms with Crippen LogP contribution < -0.4 is 5.73 Å². The number of methoxy groups -OCH3 is 1. The second kappa shape index (κ2) is 3.43. The molecule has 2 N–H and O–H groups in total. The number of hydrogen-bond donors (Lipinski definition) is 1. The molecule has 1 atom stereocenters. The van der Waals surface area contributed by atoms with Gasteiger partial charge >= 0.3 is 0 Å². The maximum absolute atomic E-state index is 10.3. The van der Waals surface area contributed by atoms with Crippen LogP contribution in [0.4, 0.5) is 0 Å². The number of rotatable bonds is 3. The molecule has 0 aliphatic rings. The summed E-state index contributed by atoms with van der Waals surface area (Å²) in [5.74, 6) is -0.394. The molecule has 0 rings (SSSR count). The minimum Gasteiger partial charge on any atom is -0.372 e. The van der Waals surface area contributed by atoms with Gasteiger partial charge in [0.25, 0.3) is 0 Å². The van der Waals surface area contributed by atoms with E-state index < -0.39 is 12.0 Å². The van der Waals surface area contributed by atoms with Gasteiger partial charge in [0.15, 0.2) is 0 Å². The second-order valence-corrected chi connectivity index (χ2v) is 1.53. The van der Waals surface area contributed by atoms with Crippen molar-refractivity contribution in [2.45, 2.75) is 19.4 Å². The maximum atomic E-state index is 10.3. The lowest BCUT2D eigenvalue weighted by molar-refractivity contribution is -0.127. The predicted molar refractivity (Wildman–Crippen MR) is 30.3 cm³/mol. The van der Waals surface area contributed by atoms with Crippen molar-refractivity contribution in [3.63, 3.8) is 0 Å². The van der Waals surface area contributed by atoms with Crippen molar-refractivity contribution in [2.75, 3.05) is 7.11 Å². The van der Waals surface area contributed by atoms with Crippen molar-refractivity contribution >= 4 is 5.91 Å². The van der Waals surface area contributed by atoms with Crippen molar-refractivity contribution in [1.29, 1.82) is 0 Å². The molecule has 0 aliphatic carbocycles. The van der Waals surface area contributed by atoms with Gasteiger partial charge in [-0.15, -0.1) is 0 Å². The van der Waals surface area contributed by atoms with E-state index in [1.54, 1.807) is 0 Å². The first-order valence-electron chi connectivity index (χ1n) is 2.54. The number of nitrogens with two attached hydrogens (primary N) is 1. The summed E-state index contributed by atoms with van der Waals surface area (Å²) >= 11 is 0. The minimum atomic E-state index is -0.407. The normalized spacial score (nSPS) is 13.2. The molecule has 0 spiro atoms. The topological polar surface area (TPSA) is 52.3 Å². The van der Waals surface area contributed by atoms with Gasteiger partial charge in [-0.1, -0.05) is 6.92 Å². The molecule has 0 radical (unpaired) electrons. The summed E-state index contributed by atoms with van der Waals surface area (Å²) in [4.78, 5) is 10.3. The summed E-state index contributed by atoms with van der Waals surface area (Å²) in [5, 5.41) is 0. The lowest BCUT2D eigenvalue weighted by atomic mass is 10.3. The summed E-state index contributed by atoms with van der Waals surface area (Å²) < 4.78 is 4.69. The standard InChI is InChI=1S/C5H11NO2/c1-3-4(8-2)5(6)7/h4H,3H2,1-2H3,(H2,6,7)/t4-/m0/s1. The third-order valence-electron chi connectivity index (χ3n) is 0.973. The van der Waals surface area contributed by atoms with Crippen LogP contribution in [0.15, 0.2) is 0 Å². The molecule has 8 heavy (non-hydrogen) atoms. The molecule has 0 aromatic carbocycles. The van der Waals surface area contributed by atoms with Crippen LogP contribution in [0.2, 0.25) is 0 Å². The third kappa shape index (κ3) is 1.93. The number of carbonyl (C=O) groups is 1. The number of amides is 1. The quantitative estimate of drug-likeness (QED) is 0.561. The van der Waals surface area contributed by atoms with Crippen LogP contribution in [0.1, 0.15) is 13.3 Å². The average molecular weight is 117 g/mol. The molecule has 0 bridgehead atoms. The zero-order valence-corrected chi connectivity index (χ0v) is 5.18. The Morgan fingerprint density at radius 2 is 2.38 bits per heavy atom. The number of ether oxygens (including phenoxy) is 1. The summed E-state index contributed by atoms with van der Waals surface area (Å²) in [7, 11) is 1.47. The molecule has 0 aromatic rings. The third-order valence-corrected chi connectivity index (χ3v) is 0.973. The van der Waals surface area contributed by atoms with Crippen LogP contribution in [0, 0.1) is 0 Å². The van der Waals surface area contributed by atoms with Crippen LogP contribution in [-0.2, 0) is 9.53 Å². The van der Waals surface area contributed by atoms with Gasteiger partial charge in [-0.25, -0.2) is 0 Å². The molecule has 0 heterocycles. The smallest absolute Gasteiger partial charge is 0.246 e. The van der Waals surface area contributed by atoms with E-state index in [-0.39, 0.29) is 0 Å². The Kier molecular flexibility index (Phi) is 3.19. The molecule has 0 aromatic heterocycles. The fourth-order valence-electron chi connectivity index (χ4n) is 0.484. The van der Waals surface area contributed by atoms with E-state index in [9.17, 15) is 4.79 Å². The molecule has 3 heteroatoms. The zero-order valence-electron chi connectivity index (χ0n) is 5.18. The lowest BCUT2D eigenvalue weighted by Gasteiger charge is -2.05. The SMILES string of the molecule is CC[C@H](OC)C(N)=O. The molecule has 0 aliphatic heterocycles. The van der Waals surface area contributed by atoms with Gasteiger partial charge in [0.2, 0.25) is 5.91 Å². The largest absolute Gasteiger partial charge is 0.372 e. The van der Waals surface area contributed by atoms with Crippen LogP contribution in [0.3, 0.4) is 0 Å². The van der Waals surface area contributed by atoms with E-state index in [1.165, 1.54) is 7.11 Å². The highest BCUT2D eigenvalue weighted by atomic mass is 16.5. The zero-order chi connectivity index (χ0) is 6.57. The highest BCUT2D eigenvalue weighted by molar-refractivity contribution is 5.78. The first-order valence-corrected chi connectivity index (χ1v) is 2.54. The van der Waals surface area contributed by atoms with E-state index in [4.69, 9.17) is 5.73 Å². The van der Waals surface area contributed by atoms with Crippen molar-refractivity contribution in [2.24, 2.45) is 5.73 Å². The Morgan fingerprint density at radius 3 is 2.38 bits per heavy atom. The molecule has 1 amide bonds. The van der Waals surface area contributed by atoms with Gasteiger partial charge in [0.1, 0.15) is 6.10 Å². The number of hydrogen-bond acceptors (Lipinski definition) is 2. The van der Waals surface area contributed by atoms with Crippen molar-refractivity contribution in [3.05, 3.63) is 0 Å². The van der Waals surface area contributed by atoms with E-state index in [1.807, 2.05) is 6.92 Å². The molecule has 0 saturated heterocycles. The lowest BCUT2D eigenvalue weighted by Crippen LogP contribution is -2.29. The first kappa shape index (κ1) is 7.43. The highest BCUT2D eigenvalue weighted by Gasteiger charge is 2.08. The van der Waals surface area contributed by atoms with Gasteiger partial charge in [-0.05, 0) is 6.42 Å². The molecule has 0 saturated carbocycles. The molecule has 0 unspecified atom stereocenters. The fraction of sp³-hybridized carbons (Fsp3) is 0.800. The van der Waals surface area contributed by atoms with Crippen molar-refractivity contribution < 1.29 is 9.53 Å². The van der Waals surface area contributed by atoms with Gasteiger partial charge in [-0.3, -0.25) is 4.79 Å². The first-order chi connectivity index (χ1) is 3.72. The van der Waals surface area contributed by atoms with Crippen LogP contribution in [-0.4, -0.2) is 19.1 Å². The predicted octanol–water partition coefficient (Wildman–Crippen LogP) is -0.103. The number of primary amides is 1. The average Bonchev–Trinajstić information content (AvgIpc) is 1.69. The molecule has 0 fully saturated rings. The molecule has 48 valence electrons. The molecule has 3 nitrogen and oxygen atoms in total. The van der Waals surface area contributed by atoms with E-state index >= 15 is 0 Å². The Morgan fingerprint density at radius 1 is 1.88 bits per heavy atom. The minimum absolute atomic E-state index is 0.394. The van der Waals surface area contributed by atoms with E-state index in [0.717, 1.165) is 0 Å². The second-order valence-electron chi connectivity index (χ2n) is 1.53. The van der Waals surface area contributed by atoms with Gasteiger partial charge in [0.05, 0.1) is 0 Å². The molecular formula is C5H11NO2. The molecular weight excluding hydrogens is 106 g/mol. The van der Waals surface area contributed by atoms with Gasteiger partial charge in [-0.2, -0.15) is 0 Å². The van der Waals surface area contributed by atoms with Crippen molar-refractivity contribution in [1.82, 2.24) is 0 Å². The van der Waals surface area contributed by atoms with Crippen LogP contribution in [0.5, 0.6) is 0 Å².